The summed E-state index contributed by atoms with van der Waals surface area (Å²) in [6.07, 6.45) is 5.83. The van der Waals surface area contributed by atoms with Gasteiger partial charge < -0.3 is 0 Å². The molecule has 0 aliphatic heterocycles. The zero-order valence-corrected chi connectivity index (χ0v) is 16.3. The first kappa shape index (κ1) is 18.8. The molecule has 1 aromatic heterocycles. The third kappa shape index (κ3) is 4.79. The molecular formula is C20H17Cl2N3S. The summed E-state index contributed by atoms with van der Waals surface area (Å²) in [6, 6.07) is 15.7. The Balaban J connectivity index is 1.77. The molecule has 26 heavy (non-hydrogen) atoms. The molecule has 0 bridgehead atoms. The molecule has 3 nitrogen and oxygen atoms in total. The van der Waals surface area contributed by atoms with Crippen molar-refractivity contribution in [1.29, 1.82) is 0 Å². The van der Waals surface area contributed by atoms with Crippen molar-refractivity contribution < 1.29 is 0 Å². The van der Waals surface area contributed by atoms with Gasteiger partial charge in [0.2, 0.25) is 0 Å². The van der Waals surface area contributed by atoms with Crippen molar-refractivity contribution in [3.05, 3.63) is 88.2 Å². The van der Waals surface area contributed by atoms with E-state index in [0.29, 0.717) is 16.6 Å². The van der Waals surface area contributed by atoms with Gasteiger partial charge in [0.1, 0.15) is 0 Å². The lowest BCUT2D eigenvalue weighted by atomic mass is 10.2. The van der Waals surface area contributed by atoms with Crippen LogP contribution in [-0.4, -0.2) is 14.8 Å². The second-order valence-corrected chi connectivity index (χ2v) is 7.28. The first-order valence-electron chi connectivity index (χ1n) is 8.01. The Morgan fingerprint density at radius 2 is 1.81 bits per heavy atom. The van der Waals surface area contributed by atoms with Gasteiger partial charge in [0.15, 0.2) is 11.0 Å². The number of halogens is 2. The molecule has 3 aromatic rings. The summed E-state index contributed by atoms with van der Waals surface area (Å²) in [5.41, 5.74) is 2.20. The molecule has 0 saturated heterocycles. The monoisotopic (exact) mass is 401 g/mol. The average molecular weight is 402 g/mol. The van der Waals surface area contributed by atoms with E-state index in [1.54, 1.807) is 11.8 Å². The predicted molar refractivity (Wildman–Crippen MR) is 112 cm³/mol. The van der Waals surface area contributed by atoms with Crippen LogP contribution in [0, 0.1) is 0 Å². The first-order valence-corrected chi connectivity index (χ1v) is 9.75. The summed E-state index contributed by atoms with van der Waals surface area (Å²) >= 11 is 13.7. The van der Waals surface area contributed by atoms with Crippen LogP contribution in [0.25, 0.3) is 12.2 Å². The molecule has 0 fully saturated rings. The molecule has 6 heteroatoms. The third-order valence-corrected chi connectivity index (χ3v) is 5.41. The van der Waals surface area contributed by atoms with Gasteiger partial charge in [0.05, 0.1) is 10.0 Å². The average Bonchev–Trinajstić information content (AvgIpc) is 3.04. The quantitative estimate of drug-likeness (QED) is 0.347. The molecule has 0 saturated carbocycles. The van der Waals surface area contributed by atoms with E-state index in [4.69, 9.17) is 23.2 Å². The van der Waals surface area contributed by atoms with Crippen LogP contribution in [0.1, 0.15) is 17.0 Å². The fourth-order valence-electron chi connectivity index (χ4n) is 2.34. The molecule has 0 amide bonds. The number of rotatable bonds is 7. The molecular weight excluding hydrogens is 385 g/mol. The zero-order valence-electron chi connectivity index (χ0n) is 14.0. The Labute approximate surface area is 167 Å². The molecule has 0 atom stereocenters. The molecule has 0 spiro atoms. The van der Waals surface area contributed by atoms with Crippen molar-refractivity contribution in [1.82, 2.24) is 14.8 Å². The highest BCUT2D eigenvalue weighted by molar-refractivity contribution is 7.98. The Morgan fingerprint density at radius 3 is 2.54 bits per heavy atom. The van der Waals surface area contributed by atoms with Gasteiger partial charge in [-0.05, 0) is 29.3 Å². The predicted octanol–water partition coefficient (Wildman–Crippen LogP) is 6.23. The minimum Gasteiger partial charge on any atom is -0.299 e. The standard InChI is InChI=1S/C20H17Cl2N3S/c1-2-12-25-19(11-9-15-6-4-3-5-7-15)23-24-20(25)26-14-16-8-10-17(21)18(22)13-16/h2-11,13H,1,12,14H2. The van der Waals surface area contributed by atoms with Crippen molar-refractivity contribution in [3.8, 4) is 0 Å². The number of hydrogen-bond acceptors (Lipinski definition) is 3. The van der Waals surface area contributed by atoms with Gasteiger partial charge in [0.25, 0.3) is 0 Å². The number of benzene rings is 2. The molecule has 0 radical (unpaired) electrons. The minimum absolute atomic E-state index is 0.559. The van der Waals surface area contributed by atoms with Gasteiger partial charge >= 0.3 is 0 Å². The third-order valence-electron chi connectivity index (χ3n) is 3.63. The lowest BCUT2D eigenvalue weighted by Gasteiger charge is -2.06. The van der Waals surface area contributed by atoms with E-state index in [2.05, 4.69) is 16.8 Å². The fraction of sp³-hybridized carbons (Fsp3) is 0.100. The fourth-order valence-corrected chi connectivity index (χ4v) is 3.56. The summed E-state index contributed by atoms with van der Waals surface area (Å²) in [5, 5.41) is 10.6. The van der Waals surface area contributed by atoms with E-state index < -0.39 is 0 Å². The van der Waals surface area contributed by atoms with Crippen LogP contribution >= 0.6 is 35.0 Å². The van der Waals surface area contributed by atoms with Gasteiger partial charge in [-0.3, -0.25) is 4.57 Å². The van der Waals surface area contributed by atoms with Gasteiger partial charge in [-0.25, -0.2) is 0 Å². The topological polar surface area (TPSA) is 30.7 Å². The molecule has 3 rings (SSSR count). The SMILES string of the molecule is C=CCn1c(C=Cc2ccccc2)nnc1SCc1ccc(Cl)c(Cl)c1. The normalized spacial score (nSPS) is 11.2. The number of aromatic nitrogens is 3. The van der Waals surface area contributed by atoms with Gasteiger partial charge in [0, 0.05) is 12.3 Å². The van der Waals surface area contributed by atoms with E-state index in [0.717, 1.165) is 27.9 Å². The van der Waals surface area contributed by atoms with E-state index >= 15 is 0 Å². The summed E-state index contributed by atoms with van der Waals surface area (Å²) in [4.78, 5) is 0. The second kappa shape index (κ2) is 9.08. The summed E-state index contributed by atoms with van der Waals surface area (Å²) in [7, 11) is 0. The van der Waals surface area contributed by atoms with Crippen LogP contribution in [0.3, 0.4) is 0 Å². The Bertz CT molecular complexity index is 920. The van der Waals surface area contributed by atoms with Crippen LogP contribution in [0.15, 0.2) is 66.3 Å². The maximum atomic E-state index is 6.08. The Kier molecular flexibility index (Phi) is 6.56. The van der Waals surface area contributed by atoms with Crippen LogP contribution < -0.4 is 0 Å². The summed E-state index contributed by atoms with van der Waals surface area (Å²) in [6.45, 7) is 4.48. The second-order valence-electron chi connectivity index (χ2n) is 5.52. The molecule has 0 aliphatic rings. The highest BCUT2D eigenvalue weighted by atomic mass is 35.5. The zero-order chi connectivity index (χ0) is 18.4. The van der Waals surface area contributed by atoms with Gasteiger partial charge in [-0.1, -0.05) is 83.5 Å². The Morgan fingerprint density at radius 1 is 1.00 bits per heavy atom. The van der Waals surface area contributed by atoms with Crippen molar-refractivity contribution >= 4 is 47.1 Å². The smallest absolute Gasteiger partial charge is 0.192 e. The summed E-state index contributed by atoms with van der Waals surface area (Å²) in [5.74, 6) is 1.53. The maximum absolute atomic E-state index is 6.08. The van der Waals surface area contributed by atoms with Crippen molar-refractivity contribution in [2.24, 2.45) is 0 Å². The molecule has 0 unspecified atom stereocenters. The number of allylic oxidation sites excluding steroid dienone is 1. The molecule has 132 valence electrons. The Hall–Kier alpha value is -2.01. The molecule has 0 aliphatic carbocycles. The maximum Gasteiger partial charge on any atom is 0.192 e. The summed E-state index contributed by atoms with van der Waals surface area (Å²) < 4.78 is 2.04. The lowest BCUT2D eigenvalue weighted by Crippen LogP contribution is -2.00. The minimum atomic E-state index is 0.559. The van der Waals surface area contributed by atoms with Crippen molar-refractivity contribution in [2.75, 3.05) is 0 Å². The van der Waals surface area contributed by atoms with Crippen LogP contribution in [0.4, 0.5) is 0 Å². The number of hydrogen-bond donors (Lipinski definition) is 0. The van der Waals surface area contributed by atoms with Crippen LogP contribution in [0.5, 0.6) is 0 Å². The largest absolute Gasteiger partial charge is 0.299 e. The molecule has 1 heterocycles. The van der Waals surface area contributed by atoms with Crippen LogP contribution in [-0.2, 0) is 12.3 Å². The molecule has 2 aromatic carbocycles. The highest BCUT2D eigenvalue weighted by Gasteiger charge is 2.10. The van der Waals surface area contributed by atoms with Crippen molar-refractivity contribution in [2.45, 2.75) is 17.5 Å². The highest BCUT2D eigenvalue weighted by Crippen LogP contribution is 2.27. The van der Waals surface area contributed by atoms with E-state index in [1.807, 2.05) is 71.3 Å². The van der Waals surface area contributed by atoms with Crippen LogP contribution in [0.2, 0.25) is 10.0 Å². The first-order chi connectivity index (χ1) is 12.7. The van der Waals surface area contributed by atoms with E-state index in [-0.39, 0.29) is 0 Å². The molecule has 0 N–H and O–H groups in total. The van der Waals surface area contributed by atoms with E-state index in [1.165, 1.54) is 0 Å². The van der Waals surface area contributed by atoms with Crippen molar-refractivity contribution in [3.63, 3.8) is 0 Å². The lowest BCUT2D eigenvalue weighted by molar-refractivity contribution is 0.719. The number of thioether (sulfide) groups is 1. The van der Waals surface area contributed by atoms with Gasteiger partial charge in [-0.2, -0.15) is 0 Å². The van der Waals surface area contributed by atoms with E-state index in [9.17, 15) is 0 Å². The number of nitrogens with zero attached hydrogens (tertiary/aromatic N) is 3. The van der Waals surface area contributed by atoms with Gasteiger partial charge in [-0.15, -0.1) is 16.8 Å².